The van der Waals surface area contributed by atoms with Gasteiger partial charge in [0.15, 0.2) is 0 Å². The van der Waals surface area contributed by atoms with Crippen molar-refractivity contribution in [2.75, 3.05) is 18.4 Å². The number of hydrogen-bond acceptors (Lipinski definition) is 4. The maximum Gasteiger partial charge on any atom is 0.217 e. The molecular formula is C23H29F2N3O2. The Morgan fingerprint density at radius 3 is 2.60 bits per heavy atom. The lowest BCUT2D eigenvalue weighted by molar-refractivity contribution is -0.120. The van der Waals surface area contributed by atoms with Crippen molar-refractivity contribution < 1.29 is 18.7 Å². The van der Waals surface area contributed by atoms with E-state index in [4.69, 9.17) is 0 Å². The first-order chi connectivity index (χ1) is 14.4. The summed E-state index contributed by atoms with van der Waals surface area (Å²) in [6.07, 6.45) is 1.01. The second-order valence-electron chi connectivity index (χ2n) is 7.81. The number of benzene rings is 2. The average molecular weight is 418 g/mol. The Kier molecular flexibility index (Phi) is 7.39. The molecule has 1 amide bonds. The number of anilines is 1. The number of aliphatic hydroxyl groups excluding tert-OH is 1. The lowest BCUT2D eigenvalue weighted by atomic mass is 9.94. The third-order valence-corrected chi connectivity index (χ3v) is 5.45. The fourth-order valence-electron chi connectivity index (χ4n) is 3.93. The van der Waals surface area contributed by atoms with Crippen LogP contribution in [0.5, 0.6) is 0 Å². The molecule has 30 heavy (non-hydrogen) atoms. The first kappa shape index (κ1) is 22.2. The highest BCUT2D eigenvalue weighted by atomic mass is 19.1. The number of fused-ring (bicyclic) bond motifs is 1. The first-order valence-electron chi connectivity index (χ1n) is 10.4. The van der Waals surface area contributed by atoms with E-state index in [9.17, 15) is 18.7 Å². The summed E-state index contributed by atoms with van der Waals surface area (Å²) in [6, 6.07) is 9.00. The van der Waals surface area contributed by atoms with Gasteiger partial charge in [-0.1, -0.05) is 19.1 Å². The molecule has 1 heterocycles. The number of nitrogens with one attached hydrogen (secondary N) is 3. The molecule has 5 nitrogen and oxygen atoms in total. The molecule has 0 saturated heterocycles. The smallest absolute Gasteiger partial charge is 0.217 e. The predicted molar refractivity (Wildman–Crippen MR) is 113 cm³/mol. The van der Waals surface area contributed by atoms with Gasteiger partial charge < -0.3 is 21.1 Å². The molecule has 2 aromatic carbocycles. The van der Waals surface area contributed by atoms with Gasteiger partial charge in [0, 0.05) is 37.8 Å². The largest absolute Gasteiger partial charge is 0.390 e. The minimum atomic E-state index is -0.923. The highest BCUT2D eigenvalue weighted by Crippen LogP contribution is 2.30. The number of aliphatic hydroxyl groups is 1. The van der Waals surface area contributed by atoms with Crippen LogP contribution in [0.4, 0.5) is 14.5 Å². The molecule has 1 aliphatic heterocycles. The Labute approximate surface area is 175 Å². The van der Waals surface area contributed by atoms with Gasteiger partial charge in [-0.15, -0.1) is 0 Å². The highest BCUT2D eigenvalue weighted by molar-refractivity contribution is 5.73. The van der Waals surface area contributed by atoms with Crippen LogP contribution in [0, 0.1) is 11.6 Å². The van der Waals surface area contributed by atoms with Crippen LogP contribution in [0.2, 0.25) is 0 Å². The summed E-state index contributed by atoms with van der Waals surface area (Å²) in [5, 5.41) is 20.3. The Morgan fingerprint density at radius 1 is 1.20 bits per heavy atom. The van der Waals surface area contributed by atoms with Crippen molar-refractivity contribution in [3.05, 3.63) is 64.7 Å². The third-order valence-electron chi connectivity index (χ3n) is 5.45. The lowest BCUT2D eigenvalue weighted by Crippen LogP contribution is -2.48. The highest BCUT2D eigenvalue weighted by Gasteiger charge is 2.25. The van der Waals surface area contributed by atoms with E-state index in [0.29, 0.717) is 5.56 Å². The summed E-state index contributed by atoms with van der Waals surface area (Å²) in [4.78, 5) is 11.6. The summed E-state index contributed by atoms with van der Waals surface area (Å²) < 4.78 is 27.1. The van der Waals surface area contributed by atoms with E-state index < -0.39 is 23.8 Å². The van der Waals surface area contributed by atoms with Gasteiger partial charge in [0.05, 0.1) is 12.1 Å². The van der Waals surface area contributed by atoms with Crippen LogP contribution < -0.4 is 16.0 Å². The standard InChI is InChI=1S/C23H29F2N3O2/c1-3-15-4-5-20-19(10-15)21(6-7-26-20)27-13-23(30)22(28-14(2)29)11-16-8-17(24)12-18(25)9-16/h4-5,8-10,12,21-23,26-27,30H,3,6-7,11,13H2,1-2H3,(H,28,29)/t21-,22-,23-/m0/s1. The molecule has 0 aliphatic carbocycles. The Hall–Kier alpha value is -2.51. The molecule has 2 aromatic rings. The number of rotatable bonds is 8. The summed E-state index contributed by atoms with van der Waals surface area (Å²) in [5.41, 5.74) is 3.87. The van der Waals surface area contributed by atoms with E-state index in [-0.39, 0.29) is 24.9 Å². The second-order valence-corrected chi connectivity index (χ2v) is 7.81. The summed E-state index contributed by atoms with van der Waals surface area (Å²) in [7, 11) is 0. The Bertz CT molecular complexity index is 870. The predicted octanol–water partition coefficient (Wildman–Crippen LogP) is 3.08. The van der Waals surface area contributed by atoms with Gasteiger partial charge in [0.1, 0.15) is 11.6 Å². The van der Waals surface area contributed by atoms with Crippen LogP contribution in [-0.2, 0) is 17.6 Å². The van der Waals surface area contributed by atoms with Gasteiger partial charge in [-0.3, -0.25) is 4.79 Å². The quantitative estimate of drug-likeness (QED) is 0.533. The van der Waals surface area contributed by atoms with E-state index >= 15 is 0 Å². The van der Waals surface area contributed by atoms with Crippen LogP contribution in [0.25, 0.3) is 0 Å². The van der Waals surface area contributed by atoms with Gasteiger partial charge in [0.2, 0.25) is 5.91 Å². The van der Waals surface area contributed by atoms with Crippen LogP contribution in [0.3, 0.4) is 0 Å². The zero-order chi connectivity index (χ0) is 21.7. The van der Waals surface area contributed by atoms with E-state index in [1.165, 1.54) is 24.6 Å². The van der Waals surface area contributed by atoms with Crippen molar-refractivity contribution in [2.45, 2.75) is 51.3 Å². The van der Waals surface area contributed by atoms with Crippen LogP contribution >= 0.6 is 0 Å². The van der Waals surface area contributed by atoms with Crippen molar-refractivity contribution >= 4 is 11.6 Å². The molecule has 3 rings (SSSR count). The number of carbonyl (C=O) groups excluding carboxylic acids is 1. The zero-order valence-electron chi connectivity index (χ0n) is 17.3. The lowest BCUT2D eigenvalue weighted by Gasteiger charge is -2.31. The average Bonchev–Trinajstić information content (AvgIpc) is 2.70. The van der Waals surface area contributed by atoms with Gasteiger partial charge in [-0.05, 0) is 54.2 Å². The van der Waals surface area contributed by atoms with E-state index in [1.807, 2.05) is 0 Å². The minimum absolute atomic E-state index is 0.0759. The molecule has 1 aliphatic rings. The molecule has 0 bridgehead atoms. The molecular weight excluding hydrogens is 388 g/mol. The van der Waals surface area contributed by atoms with E-state index in [2.05, 4.69) is 41.1 Å². The summed E-state index contributed by atoms with van der Waals surface area (Å²) >= 11 is 0. The first-order valence-corrected chi connectivity index (χ1v) is 10.4. The normalized spacial score (nSPS) is 17.6. The van der Waals surface area contributed by atoms with Gasteiger partial charge >= 0.3 is 0 Å². The van der Waals surface area contributed by atoms with Crippen molar-refractivity contribution in [1.82, 2.24) is 10.6 Å². The molecule has 0 spiro atoms. The van der Waals surface area contributed by atoms with Crippen LogP contribution in [-0.4, -0.2) is 36.2 Å². The SMILES string of the molecule is CCc1ccc2c(c1)[C@@H](NC[C@H](O)[C@H](Cc1cc(F)cc(F)c1)NC(C)=O)CCN2. The van der Waals surface area contributed by atoms with Crippen LogP contribution in [0.1, 0.15) is 43.0 Å². The molecule has 0 unspecified atom stereocenters. The number of aryl methyl sites for hydroxylation is 1. The monoisotopic (exact) mass is 417 g/mol. The van der Waals surface area contributed by atoms with Crippen molar-refractivity contribution in [1.29, 1.82) is 0 Å². The molecule has 0 aromatic heterocycles. The van der Waals surface area contributed by atoms with E-state index in [0.717, 1.165) is 36.7 Å². The maximum absolute atomic E-state index is 13.5. The minimum Gasteiger partial charge on any atom is -0.390 e. The number of amides is 1. The number of carbonyl (C=O) groups is 1. The summed E-state index contributed by atoms with van der Waals surface area (Å²) in [5.74, 6) is -1.68. The van der Waals surface area contributed by atoms with Crippen molar-refractivity contribution in [2.24, 2.45) is 0 Å². The van der Waals surface area contributed by atoms with Gasteiger partial charge in [0.25, 0.3) is 0 Å². The van der Waals surface area contributed by atoms with Gasteiger partial charge in [-0.2, -0.15) is 0 Å². The van der Waals surface area contributed by atoms with Crippen molar-refractivity contribution in [3.8, 4) is 0 Å². The summed E-state index contributed by atoms with van der Waals surface area (Å²) in [6.45, 7) is 4.53. The molecule has 3 atom stereocenters. The second kappa shape index (κ2) is 10.00. The van der Waals surface area contributed by atoms with Gasteiger partial charge in [-0.25, -0.2) is 8.78 Å². The molecule has 0 fully saturated rings. The third kappa shape index (κ3) is 5.77. The molecule has 0 radical (unpaired) electrons. The topological polar surface area (TPSA) is 73.4 Å². The zero-order valence-corrected chi connectivity index (χ0v) is 17.3. The van der Waals surface area contributed by atoms with E-state index in [1.54, 1.807) is 0 Å². The van der Waals surface area contributed by atoms with Crippen LogP contribution in [0.15, 0.2) is 36.4 Å². The number of hydrogen-bond donors (Lipinski definition) is 4. The molecule has 4 N–H and O–H groups in total. The fraction of sp³-hybridized carbons (Fsp3) is 0.435. The molecule has 0 saturated carbocycles. The molecule has 7 heteroatoms. The fourth-order valence-corrected chi connectivity index (χ4v) is 3.93. The number of halogens is 2. The van der Waals surface area contributed by atoms with Crippen molar-refractivity contribution in [3.63, 3.8) is 0 Å². The Morgan fingerprint density at radius 2 is 1.93 bits per heavy atom. The Balaban J connectivity index is 1.69. The maximum atomic E-state index is 13.5. The molecule has 162 valence electrons.